The predicted molar refractivity (Wildman–Crippen MR) is 110 cm³/mol. The zero-order chi connectivity index (χ0) is 19.1. The second kappa shape index (κ2) is 6.88. The molecule has 0 radical (unpaired) electrons. The highest BCUT2D eigenvalue weighted by molar-refractivity contribution is 6.30. The van der Waals surface area contributed by atoms with Crippen molar-refractivity contribution in [2.24, 2.45) is 5.10 Å². The van der Waals surface area contributed by atoms with Crippen LogP contribution in [0.5, 0.6) is 11.5 Å². The first-order chi connectivity index (χ1) is 13.7. The fraction of sp³-hybridized carbons (Fsp3) is 0.174. The van der Waals surface area contributed by atoms with Crippen LogP contribution < -0.4 is 9.47 Å². The second-order valence-corrected chi connectivity index (χ2v) is 7.35. The van der Waals surface area contributed by atoms with Gasteiger partial charge in [-0.25, -0.2) is 5.01 Å². The van der Waals surface area contributed by atoms with Gasteiger partial charge >= 0.3 is 0 Å². The molecule has 3 aromatic rings. The molecule has 0 bridgehead atoms. The Labute approximate surface area is 169 Å². The molecule has 0 N–H and O–H groups in total. The molecule has 0 saturated carbocycles. The van der Waals surface area contributed by atoms with Gasteiger partial charge in [0.2, 0.25) is 6.23 Å². The molecule has 2 aliphatic heterocycles. The third kappa shape index (κ3) is 2.81. The van der Waals surface area contributed by atoms with Gasteiger partial charge in [0, 0.05) is 22.6 Å². The Balaban J connectivity index is 1.61. The Morgan fingerprint density at radius 3 is 2.54 bits per heavy atom. The van der Waals surface area contributed by atoms with Gasteiger partial charge in [0.05, 0.1) is 18.9 Å². The van der Waals surface area contributed by atoms with E-state index in [9.17, 15) is 0 Å². The molecule has 2 atom stereocenters. The quantitative estimate of drug-likeness (QED) is 0.584. The van der Waals surface area contributed by atoms with E-state index in [1.54, 1.807) is 7.11 Å². The van der Waals surface area contributed by atoms with Crippen LogP contribution in [0.1, 0.15) is 35.4 Å². The maximum Gasteiger partial charge on any atom is 0.214 e. The molecule has 0 aromatic heterocycles. The summed E-state index contributed by atoms with van der Waals surface area (Å²) in [6.45, 7) is 0. The summed E-state index contributed by atoms with van der Waals surface area (Å²) in [5.41, 5.74) is 4.27. The van der Waals surface area contributed by atoms with Crippen molar-refractivity contribution >= 4 is 17.3 Å². The van der Waals surface area contributed by atoms with Crippen LogP contribution >= 0.6 is 11.6 Å². The van der Waals surface area contributed by atoms with E-state index < -0.39 is 0 Å². The van der Waals surface area contributed by atoms with Crippen LogP contribution in [0.15, 0.2) is 77.9 Å². The monoisotopic (exact) mass is 390 g/mol. The van der Waals surface area contributed by atoms with E-state index in [4.69, 9.17) is 26.2 Å². The lowest BCUT2D eigenvalue weighted by molar-refractivity contribution is -0.0209. The molecule has 2 heterocycles. The van der Waals surface area contributed by atoms with Crippen molar-refractivity contribution < 1.29 is 9.47 Å². The minimum Gasteiger partial charge on any atom is -0.493 e. The van der Waals surface area contributed by atoms with Gasteiger partial charge in [-0.1, -0.05) is 66.2 Å². The average Bonchev–Trinajstić information content (AvgIpc) is 3.19. The molecule has 2 aliphatic rings. The molecule has 140 valence electrons. The molecule has 0 aliphatic carbocycles. The van der Waals surface area contributed by atoms with Gasteiger partial charge in [-0.05, 0) is 23.8 Å². The third-order valence-electron chi connectivity index (χ3n) is 5.26. The van der Waals surface area contributed by atoms with Crippen molar-refractivity contribution in [3.63, 3.8) is 0 Å². The van der Waals surface area contributed by atoms with Crippen molar-refractivity contribution in [3.05, 3.63) is 94.5 Å². The minimum absolute atomic E-state index is 0.0923. The third-order valence-corrected chi connectivity index (χ3v) is 5.51. The summed E-state index contributed by atoms with van der Waals surface area (Å²) in [7, 11) is 1.67. The summed E-state index contributed by atoms with van der Waals surface area (Å²) in [5, 5.41) is 7.76. The maximum atomic E-state index is 6.43. The predicted octanol–water partition coefficient (Wildman–Crippen LogP) is 5.59. The van der Waals surface area contributed by atoms with Crippen LogP contribution in [0.25, 0.3) is 0 Å². The van der Waals surface area contributed by atoms with Gasteiger partial charge in [0.1, 0.15) is 0 Å². The SMILES string of the molecule is COc1cccc2c1OC(c1ccccc1)N1N=C(c3ccc(Cl)cc3)CC21. The van der Waals surface area contributed by atoms with Gasteiger partial charge in [-0.15, -0.1) is 0 Å². The smallest absolute Gasteiger partial charge is 0.214 e. The minimum atomic E-state index is -0.306. The van der Waals surface area contributed by atoms with Crippen molar-refractivity contribution in [3.8, 4) is 11.5 Å². The number of methoxy groups -OCH3 is 1. The lowest BCUT2D eigenvalue weighted by Crippen LogP contribution is -2.33. The van der Waals surface area contributed by atoms with Crippen LogP contribution in [0.4, 0.5) is 0 Å². The Bertz CT molecular complexity index is 1030. The topological polar surface area (TPSA) is 34.1 Å². The van der Waals surface area contributed by atoms with Crippen LogP contribution in [0.2, 0.25) is 5.02 Å². The number of benzene rings is 3. The summed E-state index contributed by atoms with van der Waals surface area (Å²) in [6.07, 6.45) is 0.494. The standard InChI is InChI=1S/C23H19ClN2O2/c1-27-21-9-5-8-18-20-14-19(15-10-12-17(24)13-11-15)25-26(20)23(28-22(18)21)16-6-3-2-4-7-16/h2-13,20,23H,14H2,1H3. The van der Waals surface area contributed by atoms with Gasteiger partial charge in [0.25, 0.3) is 0 Å². The van der Waals surface area contributed by atoms with Gasteiger partial charge < -0.3 is 9.47 Å². The highest BCUT2D eigenvalue weighted by atomic mass is 35.5. The first-order valence-electron chi connectivity index (χ1n) is 9.25. The normalized spacial score (nSPS) is 20.1. The van der Waals surface area contributed by atoms with E-state index in [1.165, 1.54) is 0 Å². The van der Waals surface area contributed by atoms with Gasteiger partial charge in [-0.3, -0.25) is 0 Å². The molecule has 5 heteroatoms. The van der Waals surface area contributed by atoms with Gasteiger partial charge in [0.15, 0.2) is 11.5 Å². The zero-order valence-corrected chi connectivity index (χ0v) is 16.1. The maximum absolute atomic E-state index is 6.43. The van der Waals surface area contributed by atoms with Crippen molar-refractivity contribution in [2.75, 3.05) is 7.11 Å². The first-order valence-corrected chi connectivity index (χ1v) is 9.62. The first kappa shape index (κ1) is 17.1. The van der Waals surface area contributed by atoms with Crippen LogP contribution in [-0.4, -0.2) is 17.8 Å². The van der Waals surface area contributed by atoms with E-state index in [0.29, 0.717) is 0 Å². The summed E-state index contributed by atoms with van der Waals surface area (Å²) in [4.78, 5) is 0. The number of para-hydroxylation sites is 1. The molecule has 5 rings (SSSR count). The molecule has 28 heavy (non-hydrogen) atoms. The number of halogens is 1. The largest absolute Gasteiger partial charge is 0.493 e. The Morgan fingerprint density at radius 2 is 1.79 bits per heavy atom. The van der Waals surface area contributed by atoms with E-state index in [1.807, 2.05) is 54.6 Å². The molecule has 3 aromatic carbocycles. The lowest BCUT2D eigenvalue weighted by Gasteiger charge is -2.38. The molecular weight excluding hydrogens is 372 g/mol. The number of fused-ring (bicyclic) bond motifs is 3. The fourth-order valence-electron chi connectivity index (χ4n) is 3.90. The van der Waals surface area contributed by atoms with Crippen molar-refractivity contribution in [2.45, 2.75) is 18.7 Å². The number of hydrazone groups is 1. The van der Waals surface area contributed by atoms with Crippen molar-refractivity contribution in [1.29, 1.82) is 0 Å². The number of rotatable bonds is 3. The Morgan fingerprint density at radius 1 is 1.00 bits per heavy atom. The highest BCUT2D eigenvalue weighted by Gasteiger charge is 2.42. The van der Waals surface area contributed by atoms with Crippen molar-refractivity contribution in [1.82, 2.24) is 5.01 Å². The van der Waals surface area contributed by atoms with Crippen LogP contribution in [0, 0.1) is 0 Å². The molecule has 0 fully saturated rings. The summed E-state index contributed by atoms with van der Waals surface area (Å²) in [5.74, 6) is 1.55. The molecule has 0 saturated heterocycles. The van der Waals surface area contributed by atoms with E-state index in [-0.39, 0.29) is 12.3 Å². The molecule has 4 nitrogen and oxygen atoms in total. The van der Waals surface area contributed by atoms with Gasteiger partial charge in [-0.2, -0.15) is 5.10 Å². The molecule has 0 amide bonds. The molecular formula is C23H19ClN2O2. The van der Waals surface area contributed by atoms with E-state index in [2.05, 4.69) is 23.2 Å². The fourth-order valence-corrected chi connectivity index (χ4v) is 4.02. The highest BCUT2D eigenvalue weighted by Crippen LogP contribution is 2.50. The lowest BCUT2D eigenvalue weighted by atomic mass is 9.95. The number of ether oxygens (including phenoxy) is 2. The number of nitrogens with zero attached hydrogens (tertiary/aromatic N) is 2. The molecule has 0 spiro atoms. The Hall–Kier alpha value is -2.98. The average molecular weight is 391 g/mol. The zero-order valence-electron chi connectivity index (χ0n) is 15.4. The van der Waals surface area contributed by atoms with E-state index in [0.717, 1.165) is 45.3 Å². The number of hydrogen-bond donors (Lipinski definition) is 0. The summed E-state index contributed by atoms with van der Waals surface area (Å²) < 4.78 is 12.0. The number of hydrogen-bond acceptors (Lipinski definition) is 4. The summed E-state index contributed by atoms with van der Waals surface area (Å²) >= 11 is 6.06. The van der Waals surface area contributed by atoms with E-state index >= 15 is 0 Å². The summed E-state index contributed by atoms with van der Waals surface area (Å²) in [6, 6.07) is 24.1. The van der Waals surface area contributed by atoms with Crippen LogP contribution in [0.3, 0.4) is 0 Å². The molecule has 2 unspecified atom stereocenters. The van der Waals surface area contributed by atoms with Crippen LogP contribution in [-0.2, 0) is 0 Å². The second-order valence-electron chi connectivity index (χ2n) is 6.91. The Kier molecular flexibility index (Phi) is 4.21.